The van der Waals surface area contributed by atoms with Crippen molar-refractivity contribution in [1.29, 1.82) is 0 Å². The van der Waals surface area contributed by atoms with Crippen LogP contribution in [0.1, 0.15) is 38.2 Å². The van der Waals surface area contributed by atoms with E-state index in [0.29, 0.717) is 16.6 Å². The Kier molecular flexibility index (Phi) is 6.27. The summed E-state index contributed by atoms with van der Waals surface area (Å²) in [6, 6.07) is 8.06. The summed E-state index contributed by atoms with van der Waals surface area (Å²) in [4.78, 5) is 27.2. The number of benzene rings is 1. The minimum absolute atomic E-state index is 0.188. The van der Waals surface area contributed by atoms with Crippen molar-refractivity contribution in [3.8, 4) is 0 Å². The average Bonchev–Trinajstić information content (AvgIpc) is 2.98. The van der Waals surface area contributed by atoms with Crippen molar-refractivity contribution in [2.75, 3.05) is 25.0 Å². The third kappa shape index (κ3) is 5.47. The molecule has 2 fully saturated rings. The molecule has 2 atom stereocenters. The maximum Gasteiger partial charge on any atom is 0.406 e. The van der Waals surface area contributed by atoms with Crippen LogP contribution in [-0.4, -0.2) is 53.5 Å². The lowest BCUT2D eigenvalue weighted by molar-refractivity contribution is -0.157. The Bertz CT molecular complexity index is 706. The number of anilines is 1. The maximum absolute atomic E-state index is 12.5. The molecule has 5 nitrogen and oxygen atoms in total. The topological polar surface area (TPSA) is 52.7 Å². The molecule has 2 aliphatic rings. The Morgan fingerprint density at radius 1 is 1.21 bits per heavy atom. The van der Waals surface area contributed by atoms with Crippen LogP contribution in [0.15, 0.2) is 24.3 Å². The van der Waals surface area contributed by atoms with Gasteiger partial charge in [0.05, 0.1) is 5.92 Å². The number of likely N-dealkylation sites (tertiary alicyclic amines) is 2. The second-order valence-electron chi connectivity index (χ2n) is 7.79. The number of piperidine rings is 1. The van der Waals surface area contributed by atoms with E-state index in [2.05, 4.69) is 17.1 Å². The lowest BCUT2D eigenvalue weighted by Gasteiger charge is -2.33. The molecule has 0 radical (unpaired) electrons. The number of halogens is 3. The molecule has 2 unspecified atom stereocenters. The summed E-state index contributed by atoms with van der Waals surface area (Å²) in [7, 11) is 0. The fourth-order valence-electron chi connectivity index (χ4n) is 3.88. The quantitative estimate of drug-likeness (QED) is 0.829. The highest BCUT2D eigenvalue weighted by molar-refractivity contribution is 5.97. The van der Waals surface area contributed by atoms with Gasteiger partial charge in [0.25, 0.3) is 0 Å². The normalized spacial score (nSPS) is 23.9. The number of rotatable bonds is 5. The van der Waals surface area contributed by atoms with Crippen LogP contribution in [0.4, 0.5) is 18.9 Å². The van der Waals surface area contributed by atoms with Crippen molar-refractivity contribution < 1.29 is 22.8 Å². The van der Waals surface area contributed by atoms with Crippen molar-refractivity contribution in [2.45, 2.75) is 51.4 Å². The van der Waals surface area contributed by atoms with Gasteiger partial charge in [0.2, 0.25) is 11.8 Å². The molecule has 28 heavy (non-hydrogen) atoms. The lowest BCUT2D eigenvalue weighted by atomic mass is 10.0. The van der Waals surface area contributed by atoms with Gasteiger partial charge in [-0.05, 0) is 44.0 Å². The first-order valence-electron chi connectivity index (χ1n) is 9.69. The molecule has 2 aliphatic heterocycles. The van der Waals surface area contributed by atoms with Crippen LogP contribution in [0, 0.1) is 5.92 Å². The molecule has 1 aromatic rings. The molecule has 2 amide bonds. The molecular weight excluding hydrogens is 371 g/mol. The monoisotopic (exact) mass is 397 g/mol. The standard InChI is InChI=1S/C20H26F3N3O2/c1-14-4-2-3-9-25(14)11-15-5-7-17(8-6-15)24-19(28)16-10-18(27)26(12-16)13-20(21,22)23/h5-8,14,16H,2-4,9-13H2,1H3,(H,24,28). The van der Waals surface area contributed by atoms with Crippen LogP contribution in [0.5, 0.6) is 0 Å². The van der Waals surface area contributed by atoms with Gasteiger partial charge in [0, 0.05) is 31.2 Å². The van der Waals surface area contributed by atoms with Gasteiger partial charge in [0.1, 0.15) is 6.54 Å². The average molecular weight is 397 g/mol. The zero-order chi connectivity index (χ0) is 20.3. The fourth-order valence-corrected chi connectivity index (χ4v) is 3.88. The molecule has 0 spiro atoms. The Morgan fingerprint density at radius 2 is 1.93 bits per heavy atom. The summed E-state index contributed by atoms with van der Waals surface area (Å²) in [5, 5.41) is 2.71. The molecular formula is C20H26F3N3O2. The van der Waals surface area contributed by atoms with Crippen molar-refractivity contribution in [1.82, 2.24) is 9.80 Å². The molecule has 154 valence electrons. The third-order valence-corrected chi connectivity index (χ3v) is 5.50. The van der Waals surface area contributed by atoms with Gasteiger partial charge in [0.15, 0.2) is 0 Å². The fraction of sp³-hybridized carbons (Fsp3) is 0.600. The second kappa shape index (κ2) is 8.51. The van der Waals surface area contributed by atoms with E-state index >= 15 is 0 Å². The van der Waals surface area contributed by atoms with Crippen molar-refractivity contribution in [2.24, 2.45) is 5.92 Å². The summed E-state index contributed by atoms with van der Waals surface area (Å²) in [5.41, 5.74) is 1.74. The zero-order valence-electron chi connectivity index (χ0n) is 16.0. The summed E-state index contributed by atoms with van der Waals surface area (Å²) >= 11 is 0. The van der Waals surface area contributed by atoms with Gasteiger partial charge < -0.3 is 10.2 Å². The first kappa shape index (κ1) is 20.6. The SMILES string of the molecule is CC1CCCCN1Cc1ccc(NC(=O)C2CC(=O)N(CC(F)(F)F)C2)cc1. The van der Waals surface area contributed by atoms with Crippen LogP contribution in [0.3, 0.4) is 0 Å². The van der Waals surface area contributed by atoms with Gasteiger partial charge >= 0.3 is 6.18 Å². The number of hydrogen-bond acceptors (Lipinski definition) is 3. The number of carbonyl (C=O) groups excluding carboxylic acids is 2. The number of nitrogens with zero attached hydrogens (tertiary/aromatic N) is 2. The largest absolute Gasteiger partial charge is 0.406 e. The summed E-state index contributed by atoms with van der Waals surface area (Å²) in [6.45, 7) is 2.68. The zero-order valence-corrected chi connectivity index (χ0v) is 16.0. The van der Waals surface area contributed by atoms with Crippen LogP contribution in [-0.2, 0) is 16.1 Å². The Morgan fingerprint density at radius 3 is 2.57 bits per heavy atom. The summed E-state index contributed by atoms with van der Waals surface area (Å²) in [5.74, 6) is -1.82. The van der Waals surface area contributed by atoms with Crippen LogP contribution in [0.2, 0.25) is 0 Å². The molecule has 1 aromatic carbocycles. The minimum atomic E-state index is -4.46. The molecule has 0 saturated carbocycles. The third-order valence-electron chi connectivity index (χ3n) is 5.50. The molecule has 2 saturated heterocycles. The molecule has 0 aliphatic carbocycles. The number of nitrogens with one attached hydrogen (secondary N) is 1. The Balaban J connectivity index is 1.52. The second-order valence-corrected chi connectivity index (χ2v) is 7.79. The first-order chi connectivity index (χ1) is 13.2. The van der Waals surface area contributed by atoms with Gasteiger partial charge in [-0.1, -0.05) is 18.6 Å². The van der Waals surface area contributed by atoms with Crippen LogP contribution < -0.4 is 5.32 Å². The minimum Gasteiger partial charge on any atom is -0.333 e. The van der Waals surface area contributed by atoms with E-state index in [-0.39, 0.29) is 13.0 Å². The first-order valence-corrected chi connectivity index (χ1v) is 9.69. The van der Waals surface area contributed by atoms with Gasteiger partial charge in [-0.25, -0.2) is 0 Å². The lowest BCUT2D eigenvalue weighted by Crippen LogP contribution is -2.36. The highest BCUT2D eigenvalue weighted by Crippen LogP contribution is 2.25. The molecule has 3 rings (SSSR count). The highest BCUT2D eigenvalue weighted by Gasteiger charge is 2.40. The van der Waals surface area contributed by atoms with E-state index < -0.39 is 30.5 Å². The van der Waals surface area contributed by atoms with E-state index in [1.165, 1.54) is 19.3 Å². The predicted molar refractivity (Wildman–Crippen MR) is 99.5 cm³/mol. The van der Waals surface area contributed by atoms with Crippen LogP contribution in [0.25, 0.3) is 0 Å². The molecule has 0 aromatic heterocycles. The van der Waals surface area contributed by atoms with Crippen LogP contribution >= 0.6 is 0 Å². The molecule has 0 bridgehead atoms. The summed E-state index contributed by atoms with van der Waals surface area (Å²) < 4.78 is 37.5. The smallest absolute Gasteiger partial charge is 0.333 e. The van der Waals surface area contributed by atoms with E-state index in [1.807, 2.05) is 12.1 Å². The van der Waals surface area contributed by atoms with Crippen molar-refractivity contribution in [3.63, 3.8) is 0 Å². The predicted octanol–water partition coefficient (Wildman–Crippen LogP) is 3.41. The number of carbonyl (C=O) groups is 2. The van der Waals surface area contributed by atoms with E-state index in [4.69, 9.17) is 0 Å². The Hall–Kier alpha value is -2.09. The van der Waals surface area contributed by atoms with Crippen molar-refractivity contribution in [3.05, 3.63) is 29.8 Å². The number of amides is 2. The van der Waals surface area contributed by atoms with Gasteiger partial charge in [-0.3, -0.25) is 14.5 Å². The van der Waals surface area contributed by atoms with Gasteiger partial charge in [-0.2, -0.15) is 13.2 Å². The summed E-state index contributed by atoms with van der Waals surface area (Å²) in [6.07, 6.45) is -0.953. The molecule has 2 heterocycles. The number of hydrogen-bond donors (Lipinski definition) is 1. The maximum atomic E-state index is 12.5. The highest BCUT2D eigenvalue weighted by atomic mass is 19.4. The van der Waals surface area contributed by atoms with Gasteiger partial charge in [-0.15, -0.1) is 0 Å². The van der Waals surface area contributed by atoms with E-state index in [9.17, 15) is 22.8 Å². The van der Waals surface area contributed by atoms with E-state index in [1.54, 1.807) is 12.1 Å². The van der Waals surface area contributed by atoms with E-state index in [0.717, 1.165) is 18.7 Å². The molecule has 1 N–H and O–H groups in total. The van der Waals surface area contributed by atoms with Crippen molar-refractivity contribution >= 4 is 17.5 Å². The Labute approximate surface area is 162 Å². The molecule has 8 heteroatoms. The number of alkyl halides is 3.